The van der Waals surface area contributed by atoms with Gasteiger partial charge in [0.2, 0.25) is 0 Å². The molecule has 1 saturated heterocycles. The summed E-state index contributed by atoms with van der Waals surface area (Å²) in [6.45, 7) is 4.21. The summed E-state index contributed by atoms with van der Waals surface area (Å²) in [6, 6.07) is 5.55. The van der Waals surface area contributed by atoms with E-state index in [4.69, 9.17) is 4.74 Å². The van der Waals surface area contributed by atoms with Crippen molar-refractivity contribution in [3.05, 3.63) is 34.9 Å². The highest BCUT2D eigenvalue weighted by molar-refractivity contribution is 6.01. The Morgan fingerprint density at radius 3 is 3.00 bits per heavy atom. The van der Waals surface area contributed by atoms with Crippen LogP contribution in [0.1, 0.15) is 58.9 Å². The molecule has 2 aliphatic rings. The highest BCUT2D eigenvalue weighted by atomic mass is 16.5. The van der Waals surface area contributed by atoms with Gasteiger partial charge in [-0.05, 0) is 43.4 Å². The van der Waals surface area contributed by atoms with E-state index in [1.165, 1.54) is 0 Å². The quantitative estimate of drug-likeness (QED) is 0.844. The van der Waals surface area contributed by atoms with Crippen LogP contribution in [0.5, 0.6) is 0 Å². The topological polar surface area (TPSA) is 46.6 Å². The number of hydrogen-bond donors (Lipinski definition) is 0. The second kappa shape index (κ2) is 6.61. The molecule has 0 aromatic heterocycles. The summed E-state index contributed by atoms with van der Waals surface area (Å²) >= 11 is 0. The number of amides is 1. The largest absolute Gasteiger partial charge is 0.376 e. The highest BCUT2D eigenvalue weighted by Gasteiger charge is 2.24. The molecule has 1 unspecified atom stereocenters. The second-order valence-electron chi connectivity index (χ2n) is 6.15. The van der Waals surface area contributed by atoms with Gasteiger partial charge in [-0.15, -0.1) is 0 Å². The Bertz CT molecular complexity index is 582. The number of rotatable bonds is 2. The molecule has 0 radical (unpaired) electrons. The van der Waals surface area contributed by atoms with E-state index >= 15 is 0 Å². The first-order valence-electron chi connectivity index (χ1n) is 8.26. The van der Waals surface area contributed by atoms with Gasteiger partial charge in [-0.25, -0.2) is 0 Å². The summed E-state index contributed by atoms with van der Waals surface area (Å²) in [5.41, 5.74) is 2.53. The van der Waals surface area contributed by atoms with Gasteiger partial charge in [0.15, 0.2) is 5.78 Å². The first-order valence-corrected chi connectivity index (χ1v) is 8.26. The zero-order valence-electron chi connectivity index (χ0n) is 13.1. The Kier molecular flexibility index (Phi) is 4.57. The molecule has 1 amide bonds. The van der Waals surface area contributed by atoms with Crippen LogP contribution in [-0.2, 0) is 11.2 Å². The van der Waals surface area contributed by atoms with Gasteiger partial charge >= 0.3 is 0 Å². The molecule has 1 aromatic rings. The number of Topliss-reactive ketones (excluding diaryl/α,β-unsaturated/α-hetero) is 1. The Labute approximate surface area is 131 Å². The van der Waals surface area contributed by atoms with Crippen LogP contribution in [0.15, 0.2) is 18.2 Å². The lowest BCUT2D eigenvalue weighted by atomic mass is 9.89. The van der Waals surface area contributed by atoms with Crippen molar-refractivity contribution in [3.63, 3.8) is 0 Å². The fourth-order valence-corrected chi connectivity index (χ4v) is 3.29. The lowest BCUT2D eigenvalue weighted by Crippen LogP contribution is -2.36. The summed E-state index contributed by atoms with van der Waals surface area (Å²) in [4.78, 5) is 26.5. The predicted octanol–water partition coefficient (Wildman–Crippen LogP) is 2.85. The molecule has 0 bridgehead atoms. The average Bonchev–Trinajstić information content (AvgIpc) is 2.79. The van der Waals surface area contributed by atoms with Gasteiger partial charge in [0.25, 0.3) is 5.91 Å². The van der Waals surface area contributed by atoms with Crippen molar-refractivity contribution in [3.8, 4) is 0 Å². The zero-order valence-corrected chi connectivity index (χ0v) is 13.1. The van der Waals surface area contributed by atoms with Gasteiger partial charge in [0.1, 0.15) is 0 Å². The van der Waals surface area contributed by atoms with Gasteiger partial charge in [-0.1, -0.05) is 13.0 Å². The molecule has 1 fully saturated rings. The van der Waals surface area contributed by atoms with E-state index in [0.29, 0.717) is 18.5 Å². The second-order valence-corrected chi connectivity index (χ2v) is 6.15. The van der Waals surface area contributed by atoms with Gasteiger partial charge in [0.05, 0.1) is 6.10 Å². The summed E-state index contributed by atoms with van der Waals surface area (Å²) < 4.78 is 5.73. The average molecular weight is 301 g/mol. The van der Waals surface area contributed by atoms with Crippen molar-refractivity contribution < 1.29 is 14.3 Å². The normalized spacial score (nSPS) is 22.1. The van der Waals surface area contributed by atoms with Gasteiger partial charge in [-0.3, -0.25) is 9.59 Å². The lowest BCUT2D eigenvalue weighted by molar-refractivity contribution is 0.0460. The minimum absolute atomic E-state index is 0.0600. The minimum Gasteiger partial charge on any atom is -0.376 e. The van der Waals surface area contributed by atoms with Crippen LogP contribution in [0.4, 0.5) is 0 Å². The van der Waals surface area contributed by atoms with Gasteiger partial charge in [0, 0.05) is 37.2 Å². The third-order valence-electron chi connectivity index (χ3n) is 4.60. The van der Waals surface area contributed by atoms with E-state index < -0.39 is 0 Å². The van der Waals surface area contributed by atoms with Crippen molar-refractivity contribution in [1.82, 2.24) is 4.90 Å². The van der Waals surface area contributed by atoms with E-state index in [2.05, 4.69) is 6.92 Å². The van der Waals surface area contributed by atoms with Crippen LogP contribution < -0.4 is 0 Å². The molecule has 118 valence electrons. The smallest absolute Gasteiger partial charge is 0.253 e. The molecule has 1 aromatic carbocycles. The van der Waals surface area contributed by atoms with E-state index in [9.17, 15) is 9.59 Å². The molecular formula is C18H23NO3. The van der Waals surface area contributed by atoms with E-state index in [1.807, 2.05) is 17.0 Å². The zero-order chi connectivity index (χ0) is 15.5. The van der Waals surface area contributed by atoms with E-state index in [0.717, 1.165) is 50.0 Å². The number of ketones is 1. The summed E-state index contributed by atoms with van der Waals surface area (Å²) in [7, 11) is 0. The lowest BCUT2D eigenvalue weighted by Gasteiger charge is -2.24. The van der Waals surface area contributed by atoms with Crippen molar-refractivity contribution in [2.24, 2.45) is 0 Å². The molecular weight excluding hydrogens is 278 g/mol. The van der Waals surface area contributed by atoms with Crippen molar-refractivity contribution in [2.75, 3.05) is 19.7 Å². The molecule has 22 heavy (non-hydrogen) atoms. The standard InChI is InChI=1S/C18H23NO3/c1-2-15-12-19(9-4-10-22-15)18(21)14-7-8-16-13(11-14)5-3-6-17(16)20/h7-8,11,15H,2-6,9-10,12H2,1H3. The van der Waals surface area contributed by atoms with Crippen LogP contribution in [-0.4, -0.2) is 42.4 Å². The van der Waals surface area contributed by atoms with Gasteiger partial charge in [-0.2, -0.15) is 0 Å². The fourth-order valence-electron chi connectivity index (χ4n) is 3.29. The molecule has 4 nitrogen and oxygen atoms in total. The highest BCUT2D eigenvalue weighted by Crippen LogP contribution is 2.23. The molecule has 0 N–H and O–H groups in total. The first-order chi connectivity index (χ1) is 10.7. The number of fused-ring (bicyclic) bond motifs is 1. The number of aryl methyl sites for hydroxylation is 1. The number of carbonyl (C=O) groups excluding carboxylic acids is 2. The number of ether oxygens (including phenoxy) is 1. The van der Waals surface area contributed by atoms with Gasteiger partial charge < -0.3 is 9.64 Å². The molecule has 0 spiro atoms. The Balaban J connectivity index is 1.81. The van der Waals surface area contributed by atoms with Crippen molar-refractivity contribution >= 4 is 11.7 Å². The van der Waals surface area contributed by atoms with Crippen LogP contribution in [0, 0.1) is 0 Å². The Morgan fingerprint density at radius 2 is 2.18 bits per heavy atom. The monoisotopic (exact) mass is 301 g/mol. The summed E-state index contributed by atoms with van der Waals surface area (Å²) in [5, 5.41) is 0. The van der Waals surface area contributed by atoms with Crippen LogP contribution in [0.3, 0.4) is 0 Å². The van der Waals surface area contributed by atoms with E-state index in [1.54, 1.807) is 6.07 Å². The SMILES string of the molecule is CCC1CN(C(=O)c2ccc3c(c2)CCCC3=O)CCCO1. The van der Waals surface area contributed by atoms with Crippen molar-refractivity contribution in [2.45, 2.75) is 45.1 Å². The van der Waals surface area contributed by atoms with Crippen molar-refractivity contribution in [1.29, 1.82) is 0 Å². The van der Waals surface area contributed by atoms with Crippen LogP contribution in [0.25, 0.3) is 0 Å². The third kappa shape index (κ3) is 3.07. The molecule has 0 saturated carbocycles. The molecule has 1 aliphatic carbocycles. The predicted molar refractivity (Wildman–Crippen MR) is 84.3 cm³/mol. The Morgan fingerprint density at radius 1 is 1.32 bits per heavy atom. The molecule has 1 atom stereocenters. The number of benzene rings is 1. The maximum Gasteiger partial charge on any atom is 0.253 e. The number of carbonyl (C=O) groups is 2. The fraction of sp³-hybridized carbons (Fsp3) is 0.556. The molecule has 1 aliphatic heterocycles. The maximum absolute atomic E-state index is 12.8. The number of nitrogens with zero attached hydrogens (tertiary/aromatic N) is 1. The Hall–Kier alpha value is -1.68. The third-order valence-corrected chi connectivity index (χ3v) is 4.60. The molecule has 4 heteroatoms. The first kappa shape index (κ1) is 15.2. The minimum atomic E-state index is 0.0600. The molecule has 1 heterocycles. The summed E-state index contributed by atoms with van der Waals surface area (Å²) in [6.07, 6.45) is 4.34. The number of hydrogen-bond acceptors (Lipinski definition) is 3. The van der Waals surface area contributed by atoms with E-state index in [-0.39, 0.29) is 17.8 Å². The molecule has 3 rings (SSSR count). The van der Waals surface area contributed by atoms with Crippen LogP contribution in [0.2, 0.25) is 0 Å². The maximum atomic E-state index is 12.8. The summed E-state index contributed by atoms with van der Waals surface area (Å²) in [5.74, 6) is 0.263. The van der Waals surface area contributed by atoms with Crippen LogP contribution >= 0.6 is 0 Å².